The molecule has 0 atom stereocenters. The third kappa shape index (κ3) is 5.40. The van der Waals surface area contributed by atoms with Crippen LogP contribution in [0, 0.1) is 0 Å². The Kier molecular flexibility index (Phi) is 6.52. The van der Waals surface area contributed by atoms with Gasteiger partial charge in [0.25, 0.3) is 0 Å². The highest BCUT2D eigenvalue weighted by molar-refractivity contribution is 7.89. The molecule has 0 bridgehead atoms. The summed E-state index contributed by atoms with van der Waals surface area (Å²) in [6.07, 6.45) is 4.67. The molecule has 0 saturated carbocycles. The van der Waals surface area contributed by atoms with Crippen LogP contribution >= 0.6 is 0 Å². The summed E-state index contributed by atoms with van der Waals surface area (Å²) in [4.78, 5) is 10.4. The van der Waals surface area contributed by atoms with Gasteiger partial charge in [-0.1, -0.05) is 26.2 Å². The number of rotatable bonds is 9. The molecule has 0 aliphatic carbocycles. The molecule has 2 N–H and O–H groups in total. The zero-order valence-corrected chi connectivity index (χ0v) is 11.9. The van der Waals surface area contributed by atoms with Gasteiger partial charge in [0, 0.05) is 12.2 Å². The number of sulfonamides is 1. The number of hydrogen-bond acceptors (Lipinski definition) is 3. The molecule has 0 radical (unpaired) electrons. The molecule has 1 aromatic rings. The third-order valence-electron chi connectivity index (χ3n) is 2.71. The molecule has 0 aliphatic heterocycles. The average molecular weight is 284 g/mol. The minimum atomic E-state index is -3.45. The largest absolute Gasteiger partial charge is 0.329 e. The van der Waals surface area contributed by atoms with Crippen molar-refractivity contribution in [2.75, 3.05) is 11.9 Å². The van der Waals surface area contributed by atoms with Crippen LogP contribution in [0.4, 0.5) is 5.69 Å². The number of carbonyl (C=O) groups excluding carboxylic acids is 1. The third-order valence-corrected chi connectivity index (χ3v) is 4.19. The van der Waals surface area contributed by atoms with Gasteiger partial charge in [0.05, 0.1) is 4.90 Å². The maximum absolute atomic E-state index is 11.9. The van der Waals surface area contributed by atoms with Crippen LogP contribution in [0.2, 0.25) is 0 Å². The van der Waals surface area contributed by atoms with Crippen molar-refractivity contribution in [3.8, 4) is 0 Å². The Morgan fingerprint density at radius 1 is 1.11 bits per heavy atom. The molecule has 0 saturated heterocycles. The Balaban J connectivity index is 2.54. The topological polar surface area (TPSA) is 75.3 Å². The van der Waals surface area contributed by atoms with E-state index in [0.29, 0.717) is 18.6 Å². The minimum absolute atomic E-state index is 0.208. The second-order valence-electron chi connectivity index (χ2n) is 4.25. The van der Waals surface area contributed by atoms with Gasteiger partial charge < -0.3 is 5.32 Å². The highest BCUT2D eigenvalue weighted by Gasteiger charge is 2.12. The van der Waals surface area contributed by atoms with Gasteiger partial charge in [-0.25, -0.2) is 13.1 Å². The van der Waals surface area contributed by atoms with Crippen molar-refractivity contribution in [3.63, 3.8) is 0 Å². The molecular formula is C13H20N2O3S. The first-order chi connectivity index (χ1) is 9.10. The molecule has 19 heavy (non-hydrogen) atoms. The molecule has 106 valence electrons. The molecular weight excluding hydrogens is 264 g/mol. The molecule has 0 fully saturated rings. The SMILES string of the molecule is CCCCCCNS(=O)(=O)c1ccc(NC=O)cc1. The molecule has 0 aromatic heterocycles. The van der Waals surface area contributed by atoms with E-state index in [1.165, 1.54) is 12.1 Å². The van der Waals surface area contributed by atoms with E-state index in [9.17, 15) is 13.2 Å². The number of hydrogen-bond donors (Lipinski definition) is 2. The Morgan fingerprint density at radius 3 is 2.37 bits per heavy atom. The summed E-state index contributed by atoms with van der Waals surface area (Å²) in [5, 5.41) is 2.46. The summed E-state index contributed by atoms with van der Waals surface area (Å²) in [5.74, 6) is 0. The summed E-state index contributed by atoms with van der Waals surface area (Å²) in [6, 6.07) is 6.06. The molecule has 1 rings (SSSR count). The lowest BCUT2D eigenvalue weighted by atomic mass is 10.2. The van der Waals surface area contributed by atoms with E-state index in [0.717, 1.165) is 25.7 Å². The monoisotopic (exact) mass is 284 g/mol. The molecule has 6 heteroatoms. The van der Waals surface area contributed by atoms with Crippen LogP contribution in [0.5, 0.6) is 0 Å². The maximum Gasteiger partial charge on any atom is 0.240 e. The van der Waals surface area contributed by atoms with Crippen molar-refractivity contribution in [1.82, 2.24) is 4.72 Å². The van der Waals surface area contributed by atoms with Gasteiger partial charge in [0.1, 0.15) is 0 Å². The fraction of sp³-hybridized carbons (Fsp3) is 0.462. The quantitative estimate of drug-likeness (QED) is 0.538. The van der Waals surface area contributed by atoms with E-state index < -0.39 is 10.0 Å². The first-order valence-corrected chi connectivity index (χ1v) is 7.88. The zero-order chi connectivity index (χ0) is 14.1. The Hall–Kier alpha value is -1.40. The zero-order valence-electron chi connectivity index (χ0n) is 11.1. The summed E-state index contributed by atoms with van der Waals surface area (Å²) in [7, 11) is -3.45. The molecule has 1 amide bonds. The highest BCUT2D eigenvalue weighted by Crippen LogP contribution is 2.13. The maximum atomic E-state index is 11.9. The van der Waals surface area contributed by atoms with Crippen molar-refractivity contribution in [2.45, 2.75) is 37.5 Å². The van der Waals surface area contributed by atoms with Crippen molar-refractivity contribution in [1.29, 1.82) is 0 Å². The first-order valence-electron chi connectivity index (χ1n) is 6.40. The van der Waals surface area contributed by atoms with Gasteiger partial charge in [-0.05, 0) is 30.7 Å². The van der Waals surface area contributed by atoms with Gasteiger partial charge in [-0.3, -0.25) is 4.79 Å². The Morgan fingerprint density at radius 2 is 1.79 bits per heavy atom. The molecule has 0 heterocycles. The number of amides is 1. The van der Waals surface area contributed by atoms with Crippen LogP contribution in [-0.2, 0) is 14.8 Å². The lowest BCUT2D eigenvalue weighted by molar-refractivity contribution is -0.105. The fourth-order valence-electron chi connectivity index (χ4n) is 1.64. The molecule has 0 spiro atoms. The van der Waals surface area contributed by atoms with E-state index in [-0.39, 0.29) is 4.90 Å². The average Bonchev–Trinajstić information content (AvgIpc) is 2.39. The van der Waals surface area contributed by atoms with E-state index in [1.807, 2.05) is 0 Å². The fourth-order valence-corrected chi connectivity index (χ4v) is 2.71. The van der Waals surface area contributed by atoms with Crippen molar-refractivity contribution >= 4 is 22.1 Å². The van der Waals surface area contributed by atoms with Gasteiger partial charge >= 0.3 is 0 Å². The predicted molar refractivity (Wildman–Crippen MR) is 75.5 cm³/mol. The smallest absolute Gasteiger partial charge is 0.240 e. The van der Waals surface area contributed by atoms with Crippen LogP contribution in [0.1, 0.15) is 32.6 Å². The number of benzene rings is 1. The van der Waals surface area contributed by atoms with Gasteiger partial charge in [0.2, 0.25) is 16.4 Å². The normalized spacial score (nSPS) is 11.2. The van der Waals surface area contributed by atoms with Gasteiger partial charge in [-0.2, -0.15) is 0 Å². The van der Waals surface area contributed by atoms with Crippen molar-refractivity contribution < 1.29 is 13.2 Å². The van der Waals surface area contributed by atoms with Crippen LogP contribution in [0.25, 0.3) is 0 Å². The van der Waals surface area contributed by atoms with E-state index in [2.05, 4.69) is 17.0 Å². The second kappa shape index (κ2) is 7.91. The summed E-state index contributed by atoms with van der Waals surface area (Å²) in [6.45, 7) is 2.57. The number of nitrogens with one attached hydrogen (secondary N) is 2. The highest BCUT2D eigenvalue weighted by atomic mass is 32.2. The van der Waals surface area contributed by atoms with Crippen molar-refractivity contribution in [3.05, 3.63) is 24.3 Å². The van der Waals surface area contributed by atoms with Gasteiger partial charge in [-0.15, -0.1) is 0 Å². The lowest BCUT2D eigenvalue weighted by Gasteiger charge is -2.07. The molecule has 1 aromatic carbocycles. The van der Waals surface area contributed by atoms with Gasteiger partial charge in [0.15, 0.2) is 0 Å². The Bertz CT molecular complexity index is 483. The van der Waals surface area contributed by atoms with E-state index in [4.69, 9.17) is 0 Å². The lowest BCUT2D eigenvalue weighted by Crippen LogP contribution is -2.24. The minimum Gasteiger partial charge on any atom is -0.329 e. The summed E-state index contributed by atoms with van der Waals surface area (Å²) in [5.41, 5.74) is 0.567. The predicted octanol–water partition coefficient (Wildman–Crippen LogP) is 2.11. The standard InChI is InChI=1S/C13H20N2O3S/c1-2-3-4-5-10-15-19(17,18)13-8-6-12(7-9-13)14-11-16/h6-9,11,15H,2-5,10H2,1H3,(H,14,16). The number of unbranched alkanes of at least 4 members (excludes halogenated alkanes) is 3. The summed E-state index contributed by atoms with van der Waals surface area (Å²) < 4.78 is 26.4. The van der Waals surface area contributed by atoms with Crippen LogP contribution in [0.15, 0.2) is 29.2 Å². The number of anilines is 1. The van der Waals surface area contributed by atoms with E-state index in [1.54, 1.807) is 12.1 Å². The van der Waals surface area contributed by atoms with E-state index >= 15 is 0 Å². The molecule has 0 unspecified atom stereocenters. The van der Waals surface area contributed by atoms with Crippen LogP contribution < -0.4 is 10.0 Å². The van der Waals surface area contributed by atoms with Crippen LogP contribution in [-0.4, -0.2) is 21.4 Å². The first kappa shape index (κ1) is 15.7. The van der Waals surface area contributed by atoms with Crippen molar-refractivity contribution in [2.24, 2.45) is 0 Å². The molecule has 5 nitrogen and oxygen atoms in total. The number of carbonyl (C=O) groups is 1. The van der Waals surface area contributed by atoms with Crippen LogP contribution in [0.3, 0.4) is 0 Å². The summed E-state index contributed by atoms with van der Waals surface area (Å²) >= 11 is 0. The second-order valence-corrected chi connectivity index (χ2v) is 6.01. The molecule has 0 aliphatic rings. The Labute approximate surface area is 114 Å².